The standard InChI is InChI=1S/C14H13ClN2O/c15-10-7-4-8-11-12(10)14(18,13(16)17-11)9-5-2-1-3-6-9/h1-8,13,17-18H,16H2. The summed E-state index contributed by atoms with van der Waals surface area (Å²) < 4.78 is 0. The topological polar surface area (TPSA) is 58.3 Å². The molecule has 4 heteroatoms. The molecule has 1 heterocycles. The maximum absolute atomic E-state index is 11.0. The monoisotopic (exact) mass is 260 g/mol. The Morgan fingerprint density at radius 2 is 1.83 bits per heavy atom. The van der Waals surface area contributed by atoms with Crippen LogP contribution < -0.4 is 11.1 Å². The number of hydrogen-bond acceptors (Lipinski definition) is 3. The number of nitrogens with two attached hydrogens (primary N) is 1. The molecule has 0 spiro atoms. The van der Waals surface area contributed by atoms with Gasteiger partial charge in [-0.1, -0.05) is 48.0 Å². The van der Waals surface area contributed by atoms with Crippen molar-refractivity contribution in [1.82, 2.24) is 0 Å². The van der Waals surface area contributed by atoms with Crippen molar-refractivity contribution in [3.63, 3.8) is 0 Å². The van der Waals surface area contributed by atoms with Gasteiger partial charge in [-0.2, -0.15) is 0 Å². The van der Waals surface area contributed by atoms with E-state index in [-0.39, 0.29) is 0 Å². The molecular weight excluding hydrogens is 248 g/mol. The fraction of sp³-hybridized carbons (Fsp3) is 0.143. The predicted molar refractivity (Wildman–Crippen MR) is 72.5 cm³/mol. The van der Waals surface area contributed by atoms with Gasteiger partial charge in [0, 0.05) is 16.3 Å². The molecule has 0 radical (unpaired) electrons. The molecule has 0 fully saturated rings. The molecule has 0 saturated heterocycles. The van der Waals surface area contributed by atoms with Crippen LogP contribution in [-0.2, 0) is 5.60 Å². The van der Waals surface area contributed by atoms with Crippen molar-refractivity contribution in [1.29, 1.82) is 0 Å². The summed E-state index contributed by atoms with van der Waals surface area (Å²) in [6.07, 6.45) is -0.616. The number of halogens is 1. The third-order valence-electron chi connectivity index (χ3n) is 3.37. The van der Waals surface area contributed by atoms with Crippen molar-refractivity contribution in [3.8, 4) is 0 Å². The second-order valence-corrected chi connectivity index (χ2v) is 4.82. The summed E-state index contributed by atoms with van der Waals surface area (Å²) in [5.41, 5.74) is 6.90. The van der Waals surface area contributed by atoms with E-state index in [2.05, 4.69) is 5.32 Å². The third kappa shape index (κ3) is 1.45. The van der Waals surface area contributed by atoms with E-state index in [1.165, 1.54) is 0 Å². The number of fused-ring (bicyclic) bond motifs is 1. The van der Waals surface area contributed by atoms with Gasteiger partial charge < -0.3 is 16.2 Å². The van der Waals surface area contributed by atoms with Crippen molar-refractivity contribution in [2.24, 2.45) is 5.73 Å². The van der Waals surface area contributed by atoms with Gasteiger partial charge in [-0.25, -0.2) is 0 Å². The van der Waals surface area contributed by atoms with E-state index in [9.17, 15) is 5.11 Å². The van der Waals surface area contributed by atoms with Gasteiger partial charge >= 0.3 is 0 Å². The lowest BCUT2D eigenvalue weighted by molar-refractivity contribution is 0.0703. The molecule has 2 atom stereocenters. The Balaban J connectivity index is 2.25. The summed E-state index contributed by atoms with van der Waals surface area (Å²) in [6, 6.07) is 14.8. The van der Waals surface area contributed by atoms with Gasteiger partial charge in [0.15, 0.2) is 5.60 Å². The SMILES string of the molecule is NC1Nc2cccc(Cl)c2C1(O)c1ccccc1. The Bertz CT molecular complexity index is 588. The van der Waals surface area contributed by atoms with Crippen molar-refractivity contribution in [2.45, 2.75) is 11.8 Å². The summed E-state index contributed by atoms with van der Waals surface area (Å²) in [4.78, 5) is 0. The van der Waals surface area contributed by atoms with Gasteiger partial charge in [0.25, 0.3) is 0 Å². The molecule has 0 bridgehead atoms. The number of nitrogens with one attached hydrogen (secondary N) is 1. The zero-order valence-electron chi connectivity index (χ0n) is 9.60. The first-order valence-corrected chi connectivity index (χ1v) is 6.11. The summed E-state index contributed by atoms with van der Waals surface area (Å²) in [7, 11) is 0. The van der Waals surface area contributed by atoms with Crippen LogP contribution in [-0.4, -0.2) is 11.3 Å². The molecule has 0 aliphatic carbocycles. The van der Waals surface area contributed by atoms with Crippen LogP contribution in [0.25, 0.3) is 0 Å². The first kappa shape index (κ1) is 11.5. The van der Waals surface area contributed by atoms with Gasteiger partial charge in [-0.05, 0) is 17.7 Å². The quantitative estimate of drug-likeness (QED) is 0.737. The van der Waals surface area contributed by atoms with Crippen molar-refractivity contribution in [3.05, 3.63) is 64.7 Å². The molecule has 3 rings (SSSR count). The van der Waals surface area contributed by atoms with Gasteiger partial charge in [-0.3, -0.25) is 0 Å². The summed E-state index contributed by atoms with van der Waals surface area (Å²) in [6.45, 7) is 0. The first-order chi connectivity index (χ1) is 8.64. The molecule has 2 unspecified atom stereocenters. The highest BCUT2D eigenvalue weighted by molar-refractivity contribution is 6.32. The lowest BCUT2D eigenvalue weighted by Crippen LogP contribution is -2.46. The zero-order chi connectivity index (χ0) is 12.8. The Morgan fingerprint density at radius 3 is 2.56 bits per heavy atom. The van der Waals surface area contributed by atoms with E-state index in [0.717, 1.165) is 11.3 Å². The molecule has 0 aromatic heterocycles. The molecule has 3 nitrogen and oxygen atoms in total. The zero-order valence-corrected chi connectivity index (χ0v) is 10.4. The number of benzene rings is 2. The maximum atomic E-state index is 11.0. The minimum Gasteiger partial charge on any atom is -0.377 e. The van der Waals surface area contributed by atoms with Gasteiger partial charge in [0.2, 0.25) is 0 Å². The van der Waals surface area contributed by atoms with E-state index >= 15 is 0 Å². The Kier molecular flexibility index (Phi) is 2.55. The van der Waals surface area contributed by atoms with Crippen LogP contribution in [0.5, 0.6) is 0 Å². The van der Waals surface area contributed by atoms with E-state index < -0.39 is 11.8 Å². The van der Waals surface area contributed by atoms with Crippen LogP contribution in [0.15, 0.2) is 48.5 Å². The lowest BCUT2D eigenvalue weighted by Gasteiger charge is -2.28. The van der Waals surface area contributed by atoms with E-state index in [4.69, 9.17) is 17.3 Å². The van der Waals surface area contributed by atoms with Crippen molar-refractivity contribution < 1.29 is 5.11 Å². The van der Waals surface area contributed by atoms with E-state index in [1.54, 1.807) is 6.07 Å². The number of aliphatic hydroxyl groups is 1. The molecule has 2 aromatic rings. The van der Waals surface area contributed by atoms with Crippen molar-refractivity contribution >= 4 is 17.3 Å². The molecule has 1 aliphatic heterocycles. The largest absolute Gasteiger partial charge is 0.377 e. The Morgan fingerprint density at radius 1 is 1.11 bits per heavy atom. The highest BCUT2D eigenvalue weighted by atomic mass is 35.5. The van der Waals surface area contributed by atoms with Crippen LogP contribution >= 0.6 is 11.6 Å². The first-order valence-electron chi connectivity index (χ1n) is 5.73. The third-order valence-corrected chi connectivity index (χ3v) is 3.68. The number of rotatable bonds is 1. The molecule has 92 valence electrons. The normalized spacial score (nSPS) is 25.6. The van der Waals surface area contributed by atoms with Crippen LogP contribution in [0.2, 0.25) is 5.02 Å². The smallest absolute Gasteiger partial charge is 0.151 e. The highest BCUT2D eigenvalue weighted by Gasteiger charge is 2.46. The molecule has 1 aliphatic rings. The highest BCUT2D eigenvalue weighted by Crippen LogP contribution is 2.45. The predicted octanol–water partition coefficient (Wildman–Crippen LogP) is 2.29. The van der Waals surface area contributed by atoms with Crippen LogP contribution in [0.1, 0.15) is 11.1 Å². The number of anilines is 1. The second-order valence-electron chi connectivity index (χ2n) is 4.42. The van der Waals surface area contributed by atoms with Gasteiger partial charge in [-0.15, -0.1) is 0 Å². The summed E-state index contributed by atoms with van der Waals surface area (Å²) in [5.74, 6) is 0. The Hall–Kier alpha value is -1.55. The van der Waals surface area contributed by atoms with E-state index in [1.807, 2.05) is 42.5 Å². The maximum Gasteiger partial charge on any atom is 0.151 e. The van der Waals surface area contributed by atoms with Gasteiger partial charge in [0.1, 0.15) is 6.17 Å². The number of hydrogen-bond donors (Lipinski definition) is 3. The minimum atomic E-state index is -1.30. The fourth-order valence-electron chi connectivity index (χ4n) is 2.48. The molecule has 4 N–H and O–H groups in total. The minimum absolute atomic E-state index is 0.513. The second kappa shape index (κ2) is 3.99. The molecule has 18 heavy (non-hydrogen) atoms. The summed E-state index contributed by atoms with van der Waals surface area (Å²) >= 11 is 6.21. The molecule has 0 amide bonds. The molecular formula is C14H13ClN2O. The van der Waals surface area contributed by atoms with Crippen LogP contribution in [0, 0.1) is 0 Å². The fourth-order valence-corrected chi connectivity index (χ4v) is 2.79. The average molecular weight is 261 g/mol. The van der Waals surface area contributed by atoms with Gasteiger partial charge in [0.05, 0.1) is 0 Å². The van der Waals surface area contributed by atoms with Crippen molar-refractivity contribution in [2.75, 3.05) is 5.32 Å². The molecule has 0 saturated carbocycles. The van der Waals surface area contributed by atoms with E-state index in [0.29, 0.717) is 10.6 Å². The van der Waals surface area contributed by atoms with Crippen LogP contribution in [0.4, 0.5) is 5.69 Å². The molecule has 2 aromatic carbocycles. The Labute approximate surface area is 110 Å². The summed E-state index contributed by atoms with van der Waals surface area (Å²) in [5, 5.41) is 14.6. The lowest BCUT2D eigenvalue weighted by atomic mass is 9.86. The van der Waals surface area contributed by atoms with Crippen LogP contribution in [0.3, 0.4) is 0 Å². The average Bonchev–Trinajstić information content (AvgIpc) is 2.65.